The van der Waals surface area contributed by atoms with Gasteiger partial charge in [0, 0.05) is 45.3 Å². The van der Waals surface area contributed by atoms with E-state index in [0.29, 0.717) is 0 Å². The van der Waals surface area contributed by atoms with Crippen LogP contribution in [-0.4, -0.2) is 44.5 Å². The molecule has 6 heteroatoms. The number of hydrogen-bond acceptors (Lipinski definition) is 5. The maximum atomic E-state index is 6.20. The van der Waals surface area contributed by atoms with Crippen molar-refractivity contribution in [3.63, 3.8) is 0 Å². The first-order valence-electron chi connectivity index (χ1n) is 9.12. The molecule has 0 radical (unpaired) electrons. The summed E-state index contributed by atoms with van der Waals surface area (Å²) in [4.78, 5) is 6.91. The first-order chi connectivity index (χ1) is 12.6. The van der Waals surface area contributed by atoms with Crippen LogP contribution in [0.3, 0.4) is 0 Å². The molecule has 0 saturated carbocycles. The minimum Gasteiger partial charge on any atom is -0.430 e. The lowest BCUT2D eigenvalue weighted by molar-refractivity contribution is -0.789. The van der Waals surface area contributed by atoms with Crippen LogP contribution < -0.4 is 14.2 Å². The fraction of sp³-hybridized carbons (Fsp3) is 0.500. The Hall–Kier alpha value is -2.18. The van der Waals surface area contributed by atoms with Crippen molar-refractivity contribution < 1.29 is 18.8 Å². The highest BCUT2D eigenvalue weighted by molar-refractivity contribution is 5.39. The summed E-state index contributed by atoms with van der Waals surface area (Å²) in [5.74, 6) is 1.84. The van der Waals surface area contributed by atoms with Gasteiger partial charge in [-0.25, -0.2) is 4.98 Å². The number of nitrogens with zero attached hydrogens (tertiary/aromatic N) is 3. The highest BCUT2D eigenvalue weighted by atomic mass is 16.6. The van der Waals surface area contributed by atoms with Gasteiger partial charge in [0.25, 0.3) is 0 Å². The van der Waals surface area contributed by atoms with Crippen LogP contribution in [0.2, 0.25) is 0 Å². The number of aryl methyl sites for hydroxylation is 1. The van der Waals surface area contributed by atoms with E-state index in [1.165, 1.54) is 5.56 Å². The van der Waals surface area contributed by atoms with E-state index in [0.717, 1.165) is 50.0 Å². The molecule has 0 aromatic carbocycles. The van der Waals surface area contributed by atoms with Crippen LogP contribution >= 0.6 is 0 Å². The van der Waals surface area contributed by atoms with Gasteiger partial charge in [0.15, 0.2) is 12.3 Å². The zero-order chi connectivity index (χ0) is 18.1. The molecule has 4 heterocycles. The number of anilines is 1. The van der Waals surface area contributed by atoms with E-state index in [4.69, 9.17) is 14.2 Å². The number of hydrogen-bond donors (Lipinski definition) is 0. The molecule has 1 fully saturated rings. The molecule has 6 nitrogen and oxygen atoms in total. The standard InChI is InChI=1S/C20H26N3O3/c1-15-4-7-19-23(14-15)20(2,24-3)17(26-19)12-16-5-6-18(21-13-16)22-8-10-25-11-9-22/h4-7,13-14,17H,8-12H2,1-3H3/q+1. The van der Waals surface area contributed by atoms with Gasteiger partial charge in [-0.15, -0.1) is 4.57 Å². The molecule has 2 unspecified atom stereocenters. The number of methoxy groups -OCH3 is 1. The van der Waals surface area contributed by atoms with E-state index in [1.54, 1.807) is 7.11 Å². The first kappa shape index (κ1) is 17.2. The number of pyridine rings is 2. The third kappa shape index (κ3) is 3.04. The SMILES string of the molecule is COC1(C)C(Cc2ccc(N3CCOCC3)nc2)Oc2ccc(C)c[n+]21. The molecule has 0 aliphatic carbocycles. The Morgan fingerprint density at radius 1 is 1.27 bits per heavy atom. The third-order valence-corrected chi connectivity index (χ3v) is 5.38. The summed E-state index contributed by atoms with van der Waals surface area (Å²) >= 11 is 0. The third-order valence-electron chi connectivity index (χ3n) is 5.38. The van der Waals surface area contributed by atoms with Gasteiger partial charge in [0.1, 0.15) is 5.82 Å². The highest BCUT2D eigenvalue weighted by Crippen LogP contribution is 2.31. The van der Waals surface area contributed by atoms with Crippen molar-refractivity contribution in [2.75, 3.05) is 38.3 Å². The largest absolute Gasteiger partial charge is 0.430 e. The lowest BCUT2D eigenvalue weighted by Gasteiger charge is -2.28. The lowest BCUT2D eigenvalue weighted by atomic mass is 10.0. The van der Waals surface area contributed by atoms with Crippen molar-refractivity contribution in [2.24, 2.45) is 0 Å². The van der Waals surface area contributed by atoms with Gasteiger partial charge < -0.3 is 19.1 Å². The number of ether oxygens (including phenoxy) is 3. The van der Waals surface area contributed by atoms with Crippen molar-refractivity contribution in [3.05, 3.63) is 47.8 Å². The Bertz CT molecular complexity index is 774. The van der Waals surface area contributed by atoms with Crippen LogP contribution in [0.1, 0.15) is 18.1 Å². The molecule has 2 aromatic heterocycles. The average molecular weight is 356 g/mol. The molecule has 2 aliphatic rings. The molecule has 2 aliphatic heterocycles. The van der Waals surface area contributed by atoms with Crippen molar-refractivity contribution >= 4 is 5.82 Å². The van der Waals surface area contributed by atoms with Gasteiger partial charge >= 0.3 is 11.6 Å². The lowest BCUT2D eigenvalue weighted by Crippen LogP contribution is -2.58. The summed E-state index contributed by atoms with van der Waals surface area (Å²) in [5.41, 5.74) is 1.78. The second-order valence-electron chi connectivity index (χ2n) is 7.11. The molecule has 0 N–H and O–H groups in total. The molecule has 0 bridgehead atoms. The van der Waals surface area contributed by atoms with Crippen molar-refractivity contribution in [3.8, 4) is 5.88 Å². The summed E-state index contributed by atoms with van der Waals surface area (Å²) in [5, 5.41) is 0. The summed E-state index contributed by atoms with van der Waals surface area (Å²) in [7, 11) is 1.74. The van der Waals surface area contributed by atoms with Gasteiger partial charge in [-0.3, -0.25) is 0 Å². The molecule has 4 rings (SSSR count). The number of morpholine rings is 1. The summed E-state index contributed by atoms with van der Waals surface area (Å²) in [6, 6.07) is 8.29. The first-order valence-corrected chi connectivity index (χ1v) is 9.12. The highest BCUT2D eigenvalue weighted by Gasteiger charge is 2.53. The molecule has 1 saturated heterocycles. The monoisotopic (exact) mass is 356 g/mol. The van der Waals surface area contributed by atoms with Crippen LogP contribution in [0.15, 0.2) is 36.7 Å². The van der Waals surface area contributed by atoms with E-state index in [9.17, 15) is 0 Å². The predicted octanol–water partition coefficient (Wildman–Crippen LogP) is 1.84. The minimum absolute atomic E-state index is 0.106. The van der Waals surface area contributed by atoms with Crippen LogP contribution in [0.5, 0.6) is 5.88 Å². The van der Waals surface area contributed by atoms with E-state index in [1.807, 2.05) is 12.3 Å². The quantitative estimate of drug-likeness (QED) is 0.783. The van der Waals surface area contributed by atoms with Crippen LogP contribution in [0, 0.1) is 6.92 Å². The van der Waals surface area contributed by atoms with Gasteiger partial charge in [-0.05, 0) is 24.6 Å². The zero-order valence-electron chi connectivity index (χ0n) is 15.6. The van der Waals surface area contributed by atoms with Crippen LogP contribution in [0.4, 0.5) is 5.82 Å². The zero-order valence-corrected chi connectivity index (χ0v) is 15.6. The topological polar surface area (TPSA) is 47.7 Å². The Morgan fingerprint density at radius 3 is 2.77 bits per heavy atom. The maximum absolute atomic E-state index is 6.20. The molecule has 26 heavy (non-hydrogen) atoms. The summed E-state index contributed by atoms with van der Waals surface area (Å²) < 4.78 is 19.6. The fourth-order valence-corrected chi connectivity index (χ4v) is 3.64. The average Bonchev–Trinajstić information content (AvgIpc) is 2.95. The predicted molar refractivity (Wildman–Crippen MR) is 97.4 cm³/mol. The molecule has 0 spiro atoms. The van der Waals surface area contributed by atoms with Crippen molar-refractivity contribution in [1.29, 1.82) is 0 Å². The molecule has 2 aromatic rings. The number of fused-ring (bicyclic) bond motifs is 1. The van der Waals surface area contributed by atoms with Gasteiger partial charge in [0.2, 0.25) is 0 Å². The Morgan fingerprint density at radius 2 is 2.08 bits per heavy atom. The fourth-order valence-electron chi connectivity index (χ4n) is 3.64. The Labute approximate surface area is 154 Å². The van der Waals surface area contributed by atoms with Crippen molar-refractivity contribution in [2.45, 2.75) is 32.1 Å². The summed E-state index contributed by atoms with van der Waals surface area (Å²) in [6.45, 7) is 7.46. The Balaban J connectivity index is 1.52. The van der Waals surface area contributed by atoms with Crippen LogP contribution in [-0.2, 0) is 21.6 Å². The van der Waals surface area contributed by atoms with Gasteiger partial charge in [-0.2, -0.15) is 0 Å². The molecular weight excluding hydrogens is 330 g/mol. The normalized spacial score (nSPS) is 25.0. The minimum atomic E-state index is -0.537. The van der Waals surface area contributed by atoms with Gasteiger partial charge in [0.05, 0.1) is 19.3 Å². The second kappa shape index (κ2) is 6.85. The Kier molecular flexibility index (Phi) is 4.54. The van der Waals surface area contributed by atoms with E-state index < -0.39 is 5.72 Å². The maximum Gasteiger partial charge on any atom is 0.371 e. The molecule has 138 valence electrons. The number of aromatic nitrogens is 2. The smallest absolute Gasteiger partial charge is 0.371 e. The second-order valence-corrected chi connectivity index (χ2v) is 7.11. The molecule has 2 atom stereocenters. The molecule has 0 amide bonds. The van der Waals surface area contributed by atoms with Gasteiger partial charge in [-0.1, -0.05) is 6.07 Å². The van der Waals surface area contributed by atoms with E-state index in [-0.39, 0.29) is 6.10 Å². The molecular formula is C20H26N3O3+. The van der Waals surface area contributed by atoms with Crippen molar-refractivity contribution in [1.82, 2.24) is 4.98 Å². The van der Waals surface area contributed by atoms with E-state index in [2.05, 4.69) is 52.7 Å². The van der Waals surface area contributed by atoms with Crippen LogP contribution in [0.25, 0.3) is 0 Å². The summed E-state index contributed by atoms with van der Waals surface area (Å²) in [6.07, 6.45) is 4.66. The van der Waals surface area contributed by atoms with E-state index >= 15 is 0 Å². The number of rotatable bonds is 4.